The molecule has 0 rings (SSSR count). The number of allylic oxidation sites excluding steroid dienone is 8. The van der Waals surface area contributed by atoms with Crippen LogP contribution in [0.2, 0.25) is 0 Å². The summed E-state index contributed by atoms with van der Waals surface area (Å²) in [5, 5.41) is 0. The molecule has 0 aliphatic heterocycles. The van der Waals surface area contributed by atoms with Gasteiger partial charge in [0.05, 0.1) is 13.2 Å². The summed E-state index contributed by atoms with van der Waals surface area (Å²) >= 11 is 0. The summed E-state index contributed by atoms with van der Waals surface area (Å²) in [5.74, 6) is -0.807. The molecule has 0 aromatic heterocycles. The predicted molar refractivity (Wildman–Crippen MR) is 367 cm³/mol. The third-order valence-electron chi connectivity index (χ3n) is 16.7. The summed E-state index contributed by atoms with van der Waals surface area (Å²) in [6, 6.07) is 0. The molecule has 0 spiro atoms. The molecule has 0 saturated heterocycles. The Morgan fingerprint density at radius 2 is 0.612 bits per heavy atom. The first-order valence-corrected chi connectivity index (χ1v) is 38.6. The van der Waals surface area contributed by atoms with Crippen LogP contribution in [0.15, 0.2) is 48.6 Å². The van der Waals surface area contributed by atoms with Crippen molar-refractivity contribution in [3.05, 3.63) is 48.6 Å². The average Bonchev–Trinajstić information content (AvgIpc) is 3.52. The van der Waals surface area contributed by atoms with Crippen LogP contribution in [0, 0.1) is 0 Å². The molecule has 9 nitrogen and oxygen atoms in total. The molecule has 2 unspecified atom stereocenters. The first-order chi connectivity index (χ1) is 41.8. The zero-order valence-corrected chi connectivity index (χ0v) is 57.3. The molecular formula is C75H142NO8P. The van der Waals surface area contributed by atoms with Crippen LogP contribution in [0.4, 0.5) is 0 Å². The van der Waals surface area contributed by atoms with Crippen LogP contribution in [0.1, 0.15) is 386 Å². The molecule has 0 radical (unpaired) electrons. The van der Waals surface area contributed by atoms with Gasteiger partial charge in [0.1, 0.15) is 6.61 Å². The van der Waals surface area contributed by atoms with Crippen molar-refractivity contribution in [1.82, 2.24) is 0 Å². The van der Waals surface area contributed by atoms with Crippen molar-refractivity contribution in [2.24, 2.45) is 5.73 Å². The summed E-state index contributed by atoms with van der Waals surface area (Å²) in [7, 11) is -4.39. The molecule has 500 valence electrons. The minimum atomic E-state index is -4.39. The van der Waals surface area contributed by atoms with Crippen molar-refractivity contribution in [2.75, 3.05) is 26.4 Å². The SMILES string of the molecule is CCCCCCC/C=C\C/C=C\C/C=C\CCCCCCCCCCCCCCCCCCCCCCCCCCCCC(=O)OC(COC(=O)CCCCCCCCCCCCC/C=C\CCCCCCCCCC)COP(=O)(O)OCCN. The average molecular weight is 1220 g/mol. The number of esters is 2. The fourth-order valence-corrected chi connectivity index (χ4v) is 11.9. The second kappa shape index (κ2) is 71.1. The van der Waals surface area contributed by atoms with Gasteiger partial charge >= 0.3 is 19.8 Å². The van der Waals surface area contributed by atoms with E-state index in [1.165, 1.54) is 308 Å². The van der Waals surface area contributed by atoms with Crippen molar-refractivity contribution >= 4 is 19.8 Å². The number of carbonyl (C=O) groups excluding carboxylic acids is 2. The van der Waals surface area contributed by atoms with Gasteiger partial charge in [0.25, 0.3) is 0 Å². The van der Waals surface area contributed by atoms with Crippen LogP contribution in [0.25, 0.3) is 0 Å². The second-order valence-corrected chi connectivity index (χ2v) is 26.6. The maximum atomic E-state index is 12.8. The highest BCUT2D eigenvalue weighted by molar-refractivity contribution is 7.47. The Labute approximate surface area is 527 Å². The Bertz CT molecular complexity index is 1530. The van der Waals surface area contributed by atoms with E-state index >= 15 is 0 Å². The van der Waals surface area contributed by atoms with Gasteiger partial charge in [-0.25, -0.2) is 4.57 Å². The molecule has 0 aliphatic rings. The van der Waals surface area contributed by atoms with Gasteiger partial charge in [0, 0.05) is 19.4 Å². The molecule has 0 fully saturated rings. The zero-order valence-electron chi connectivity index (χ0n) is 56.4. The Morgan fingerprint density at radius 3 is 0.918 bits per heavy atom. The van der Waals surface area contributed by atoms with E-state index in [4.69, 9.17) is 24.3 Å². The number of hydrogen-bond acceptors (Lipinski definition) is 8. The summed E-state index contributed by atoms with van der Waals surface area (Å²) in [6.45, 7) is 3.80. The summed E-state index contributed by atoms with van der Waals surface area (Å²) < 4.78 is 33.2. The number of unbranched alkanes of at least 4 members (excludes halogenated alkanes) is 50. The Balaban J connectivity index is 3.76. The highest BCUT2D eigenvalue weighted by Crippen LogP contribution is 2.43. The first-order valence-electron chi connectivity index (χ1n) is 37.1. The molecule has 0 heterocycles. The number of rotatable bonds is 71. The lowest BCUT2D eigenvalue weighted by Gasteiger charge is -2.19. The number of phosphoric ester groups is 1. The quantitative estimate of drug-likeness (QED) is 0.0264. The van der Waals surface area contributed by atoms with Crippen molar-refractivity contribution in [3.8, 4) is 0 Å². The minimum absolute atomic E-state index is 0.0554. The molecule has 10 heteroatoms. The highest BCUT2D eigenvalue weighted by Gasteiger charge is 2.26. The van der Waals surface area contributed by atoms with Crippen LogP contribution in [0.5, 0.6) is 0 Å². The molecule has 85 heavy (non-hydrogen) atoms. The van der Waals surface area contributed by atoms with Crippen molar-refractivity contribution < 1.29 is 37.6 Å². The largest absolute Gasteiger partial charge is 0.472 e. The van der Waals surface area contributed by atoms with Crippen LogP contribution < -0.4 is 5.73 Å². The molecule has 0 aliphatic carbocycles. The van der Waals surface area contributed by atoms with Crippen LogP contribution in [-0.4, -0.2) is 49.3 Å². The number of ether oxygens (including phenoxy) is 2. The molecule has 2 atom stereocenters. The standard InChI is InChI=1S/C75H142NO8P/c1-3-5-7-9-11-13-15-17-19-21-23-25-27-28-29-30-31-32-33-34-35-36-37-38-39-40-41-42-43-44-46-48-50-52-54-56-58-60-62-64-66-68-75(78)84-73(72-83-85(79,80)82-70-69-76)71-81-74(77)67-65-63-61-59-57-55-53-51-49-47-45-26-24-22-20-18-16-14-12-10-8-6-4-2/h15,17,21-24,27-28,73H,3-14,16,18-20,25-26,29-72,76H2,1-2H3,(H,79,80)/b17-15-,23-21-,24-22-,28-27-. The predicted octanol–water partition coefficient (Wildman–Crippen LogP) is 24.4. The maximum absolute atomic E-state index is 12.8. The second-order valence-electron chi connectivity index (χ2n) is 25.2. The van der Waals surface area contributed by atoms with Crippen LogP contribution in [-0.2, 0) is 32.7 Å². The van der Waals surface area contributed by atoms with Gasteiger partial charge in [0.15, 0.2) is 6.10 Å². The summed E-state index contributed by atoms with van der Waals surface area (Å²) in [6.07, 6.45) is 90.9. The van der Waals surface area contributed by atoms with Gasteiger partial charge in [-0.15, -0.1) is 0 Å². The first kappa shape index (κ1) is 83.0. The maximum Gasteiger partial charge on any atom is 0.472 e. The Morgan fingerprint density at radius 1 is 0.353 bits per heavy atom. The fraction of sp³-hybridized carbons (Fsp3) is 0.867. The number of carbonyl (C=O) groups is 2. The van der Waals surface area contributed by atoms with E-state index in [9.17, 15) is 19.0 Å². The van der Waals surface area contributed by atoms with E-state index in [1.54, 1.807) is 0 Å². The molecule has 0 amide bonds. The Kier molecular flexibility index (Phi) is 69.4. The van der Waals surface area contributed by atoms with Gasteiger partial charge in [0.2, 0.25) is 0 Å². The monoisotopic (exact) mass is 1220 g/mol. The molecule has 0 aromatic carbocycles. The normalized spacial score (nSPS) is 13.1. The fourth-order valence-electron chi connectivity index (χ4n) is 11.2. The van der Waals surface area contributed by atoms with E-state index in [2.05, 4.69) is 62.5 Å². The zero-order chi connectivity index (χ0) is 61.6. The topological polar surface area (TPSA) is 134 Å². The molecule has 0 saturated carbocycles. The van der Waals surface area contributed by atoms with E-state index in [1.807, 2.05) is 0 Å². The molecule has 3 N–H and O–H groups in total. The highest BCUT2D eigenvalue weighted by atomic mass is 31.2. The summed E-state index contributed by atoms with van der Waals surface area (Å²) in [4.78, 5) is 35.4. The van der Waals surface area contributed by atoms with Gasteiger partial charge in [-0.1, -0.05) is 345 Å². The van der Waals surface area contributed by atoms with Gasteiger partial charge in [-0.2, -0.15) is 0 Å². The van der Waals surface area contributed by atoms with Gasteiger partial charge in [-0.3, -0.25) is 18.6 Å². The van der Waals surface area contributed by atoms with Crippen LogP contribution >= 0.6 is 7.82 Å². The number of nitrogens with two attached hydrogens (primary N) is 1. The molecular weight excluding hydrogens is 1070 g/mol. The summed E-state index contributed by atoms with van der Waals surface area (Å²) in [5.41, 5.74) is 5.40. The van der Waals surface area contributed by atoms with Crippen molar-refractivity contribution in [1.29, 1.82) is 0 Å². The number of hydrogen-bond donors (Lipinski definition) is 2. The van der Waals surface area contributed by atoms with E-state index in [-0.39, 0.29) is 38.6 Å². The van der Waals surface area contributed by atoms with E-state index in [0.717, 1.165) is 44.9 Å². The lowest BCUT2D eigenvalue weighted by atomic mass is 10.0. The minimum Gasteiger partial charge on any atom is -0.462 e. The third kappa shape index (κ3) is 70.9. The van der Waals surface area contributed by atoms with Gasteiger partial charge in [-0.05, 0) is 77.0 Å². The lowest BCUT2D eigenvalue weighted by Crippen LogP contribution is -2.29. The molecule has 0 aromatic rings. The van der Waals surface area contributed by atoms with E-state index < -0.39 is 26.5 Å². The van der Waals surface area contributed by atoms with Gasteiger partial charge < -0.3 is 20.1 Å². The Hall–Kier alpha value is -2.03. The van der Waals surface area contributed by atoms with Crippen molar-refractivity contribution in [3.63, 3.8) is 0 Å². The van der Waals surface area contributed by atoms with Crippen molar-refractivity contribution in [2.45, 2.75) is 392 Å². The third-order valence-corrected chi connectivity index (χ3v) is 17.7. The number of phosphoric acid groups is 1. The smallest absolute Gasteiger partial charge is 0.462 e. The molecule has 0 bridgehead atoms. The van der Waals surface area contributed by atoms with E-state index in [0.29, 0.717) is 6.42 Å². The lowest BCUT2D eigenvalue weighted by molar-refractivity contribution is -0.161. The van der Waals surface area contributed by atoms with Crippen LogP contribution in [0.3, 0.4) is 0 Å².